The van der Waals surface area contributed by atoms with Gasteiger partial charge in [0.25, 0.3) is 0 Å². The summed E-state index contributed by atoms with van der Waals surface area (Å²) in [6.45, 7) is 3.17. The predicted molar refractivity (Wildman–Crippen MR) is 34.1 cm³/mol. The molecular formula is C6H11N2. The highest BCUT2D eigenvalue weighted by Crippen LogP contribution is 2.01. The van der Waals surface area contributed by atoms with Gasteiger partial charge in [-0.25, -0.2) is 0 Å². The second-order valence-electron chi connectivity index (χ2n) is 2.06. The molecule has 1 atom stereocenters. The average molecular weight is 111 g/mol. The molecule has 0 amide bonds. The fraction of sp³-hybridized carbons (Fsp3) is 0.833. The molecule has 1 heterocycles. The Morgan fingerprint density at radius 1 is 1.88 bits per heavy atom. The number of aliphatic imine (C=N–C) groups is 1. The molecule has 0 aromatic carbocycles. The third kappa shape index (κ3) is 1.22. The molecule has 0 aliphatic carbocycles. The fourth-order valence-electron chi connectivity index (χ4n) is 0.846. The van der Waals surface area contributed by atoms with Crippen molar-refractivity contribution in [2.75, 3.05) is 6.54 Å². The van der Waals surface area contributed by atoms with Gasteiger partial charge >= 0.3 is 0 Å². The Labute approximate surface area is 50.0 Å². The molecule has 0 aromatic heterocycles. The summed E-state index contributed by atoms with van der Waals surface area (Å²) in [5.74, 6) is 0. The van der Waals surface area contributed by atoms with Gasteiger partial charge in [0.05, 0.1) is 6.04 Å². The van der Waals surface area contributed by atoms with Crippen LogP contribution in [0.5, 0.6) is 0 Å². The molecule has 1 unspecified atom stereocenters. The molecule has 1 radical (unpaired) electrons. The van der Waals surface area contributed by atoms with Crippen molar-refractivity contribution in [1.29, 1.82) is 0 Å². The molecule has 2 nitrogen and oxygen atoms in total. The lowest BCUT2D eigenvalue weighted by Gasteiger charge is -2.00. The zero-order chi connectivity index (χ0) is 5.82. The van der Waals surface area contributed by atoms with Crippen molar-refractivity contribution in [2.45, 2.75) is 25.8 Å². The van der Waals surface area contributed by atoms with E-state index in [4.69, 9.17) is 0 Å². The first-order chi connectivity index (χ1) is 3.93. The van der Waals surface area contributed by atoms with Crippen molar-refractivity contribution in [3.8, 4) is 0 Å². The van der Waals surface area contributed by atoms with Crippen LogP contribution >= 0.6 is 0 Å². The van der Waals surface area contributed by atoms with E-state index in [2.05, 4.69) is 23.6 Å². The van der Waals surface area contributed by atoms with E-state index in [-0.39, 0.29) is 0 Å². The molecule has 1 N–H and O–H groups in total. The van der Waals surface area contributed by atoms with Crippen molar-refractivity contribution in [3.05, 3.63) is 0 Å². The summed E-state index contributed by atoms with van der Waals surface area (Å²) in [7, 11) is 0. The average Bonchev–Trinajstić information content (AvgIpc) is 2.19. The van der Waals surface area contributed by atoms with E-state index in [9.17, 15) is 0 Å². The van der Waals surface area contributed by atoms with Crippen LogP contribution in [0, 0.1) is 0 Å². The van der Waals surface area contributed by atoms with Gasteiger partial charge in [-0.05, 0) is 6.42 Å². The largest absolute Gasteiger partial charge is 0.365 e. The summed E-state index contributed by atoms with van der Waals surface area (Å²) in [6.07, 6.45) is 5.15. The first-order valence-electron chi connectivity index (χ1n) is 3.11. The summed E-state index contributed by atoms with van der Waals surface area (Å²) in [5, 5.41) is 2.94. The van der Waals surface area contributed by atoms with Crippen molar-refractivity contribution >= 4 is 6.34 Å². The number of hydrogen-bond acceptors (Lipinski definition) is 2. The Hall–Kier alpha value is -0.530. The van der Waals surface area contributed by atoms with E-state index in [1.54, 1.807) is 0 Å². The van der Waals surface area contributed by atoms with Crippen LogP contribution in [0.3, 0.4) is 0 Å². The van der Waals surface area contributed by atoms with E-state index in [0.717, 1.165) is 6.54 Å². The van der Waals surface area contributed by atoms with Crippen molar-refractivity contribution in [1.82, 2.24) is 5.32 Å². The molecule has 0 saturated carbocycles. The van der Waals surface area contributed by atoms with Gasteiger partial charge < -0.3 is 5.32 Å². The molecule has 8 heavy (non-hydrogen) atoms. The summed E-state index contributed by atoms with van der Waals surface area (Å²) in [6, 6.07) is 0.514. The molecule has 1 rings (SSSR count). The van der Waals surface area contributed by atoms with Gasteiger partial charge in [-0.1, -0.05) is 13.3 Å². The number of nitrogens with zero attached hydrogens (tertiary/aromatic N) is 1. The Bertz CT molecular complexity index is 88.5. The van der Waals surface area contributed by atoms with Gasteiger partial charge in [0, 0.05) is 6.54 Å². The SMILES string of the molecule is CCCC1CN[C]=N1. The van der Waals surface area contributed by atoms with Crippen molar-refractivity contribution < 1.29 is 0 Å². The number of hydrogen-bond donors (Lipinski definition) is 1. The Balaban J connectivity index is 2.16. The van der Waals surface area contributed by atoms with Gasteiger partial charge in [0.1, 0.15) is 0 Å². The zero-order valence-electron chi connectivity index (χ0n) is 5.15. The molecule has 0 aromatic rings. The molecule has 0 bridgehead atoms. The summed E-state index contributed by atoms with van der Waals surface area (Å²) >= 11 is 0. The van der Waals surface area contributed by atoms with Crippen LogP contribution in [0.25, 0.3) is 0 Å². The van der Waals surface area contributed by atoms with Crippen LogP contribution in [0.4, 0.5) is 0 Å². The molecule has 1 aliphatic heterocycles. The summed E-state index contributed by atoms with van der Waals surface area (Å²) in [4.78, 5) is 4.06. The second kappa shape index (κ2) is 2.70. The molecule has 0 spiro atoms. The first-order valence-corrected chi connectivity index (χ1v) is 3.11. The highest BCUT2D eigenvalue weighted by atomic mass is 15.0. The maximum atomic E-state index is 4.06. The zero-order valence-corrected chi connectivity index (χ0v) is 5.15. The minimum Gasteiger partial charge on any atom is -0.365 e. The third-order valence-corrected chi connectivity index (χ3v) is 1.29. The minimum atomic E-state index is 0.514. The van der Waals surface area contributed by atoms with Crippen molar-refractivity contribution in [2.24, 2.45) is 4.99 Å². The highest BCUT2D eigenvalue weighted by Gasteiger charge is 2.07. The molecule has 1 aliphatic rings. The predicted octanol–water partition coefficient (Wildman–Crippen LogP) is 0.664. The van der Waals surface area contributed by atoms with Gasteiger partial charge in [0.2, 0.25) is 0 Å². The maximum Gasteiger partial charge on any atom is 0.164 e. The first kappa shape index (κ1) is 5.60. The molecule has 45 valence electrons. The van der Waals surface area contributed by atoms with E-state index in [1.807, 2.05) is 0 Å². The van der Waals surface area contributed by atoms with Gasteiger partial charge in [-0.3, -0.25) is 4.99 Å². The molecule has 0 saturated heterocycles. The van der Waals surface area contributed by atoms with Gasteiger partial charge in [-0.2, -0.15) is 0 Å². The molecule has 0 fully saturated rings. The van der Waals surface area contributed by atoms with Crippen LogP contribution in [-0.2, 0) is 0 Å². The van der Waals surface area contributed by atoms with Crippen LogP contribution in [0.15, 0.2) is 4.99 Å². The van der Waals surface area contributed by atoms with Gasteiger partial charge in [0.15, 0.2) is 6.34 Å². The quantitative estimate of drug-likeness (QED) is 0.556. The van der Waals surface area contributed by atoms with Crippen LogP contribution < -0.4 is 5.32 Å². The van der Waals surface area contributed by atoms with E-state index >= 15 is 0 Å². The lowest BCUT2D eigenvalue weighted by molar-refractivity contribution is 0.624. The number of rotatable bonds is 2. The second-order valence-corrected chi connectivity index (χ2v) is 2.06. The van der Waals surface area contributed by atoms with E-state index < -0.39 is 0 Å². The normalized spacial score (nSPS) is 25.9. The molecule has 2 heteroatoms. The maximum absolute atomic E-state index is 4.06. The highest BCUT2D eigenvalue weighted by molar-refractivity contribution is 5.56. The lowest BCUT2D eigenvalue weighted by Crippen LogP contribution is -2.14. The van der Waals surface area contributed by atoms with Crippen LogP contribution in [0.1, 0.15) is 19.8 Å². The molecular weight excluding hydrogens is 100 g/mol. The van der Waals surface area contributed by atoms with Gasteiger partial charge in [-0.15, -0.1) is 0 Å². The smallest absolute Gasteiger partial charge is 0.164 e. The van der Waals surface area contributed by atoms with Crippen molar-refractivity contribution in [3.63, 3.8) is 0 Å². The minimum absolute atomic E-state index is 0.514. The summed E-state index contributed by atoms with van der Waals surface area (Å²) < 4.78 is 0. The monoisotopic (exact) mass is 111 g/mol. The Morgan fingerprint density at radius 3 is 3.25 bits per heavy atom. The Morgan fingerprint density at radius 2 is 2.75 bits per heavy atom. The summed E-state index contributed by atoms with van der Waals surface area (Å²) in [5.41, 5.74) is 0. The topological polar surface area (TPSA) is 24.4 Å². The van der Waals surface area contributed by atoms with E-state index in [0.29, 0.717) is 6.04 Å². The van der Waals surface area contributed by atoms with Crippen LogP contribution in [0.2, 0.25) is 0 Å². The Kier molecular flexibility index (Phi) is 1.89. The number of nitrogens with one attached hydrogen (secondary N) is 1. The van der Waals surface area contributed by atoms with E-state index in [1.165, 1.54) is 12.8 Å². The standard InChI is InChI=1S/C6H11N2/c1-2-3-6-4-7-5-8-6/h6H,2-4H2,1H3,(H,7,8). The van der Waals surface area contributed by atoms with Crippen LogP contribution in [-0.4, -0.2) is 18.9 Å². The lowest BCUT2D eigenvalue weighted by atomic mass is 10.2. The fourth-order valence-corrected chi connectivity index (χ4v) is 0.846. The third-order valence-electron chi connectivity index (χ3n) is 1.29.